The predicted molar refractivity (Wildman–Crippen MR) is 69.3 cm³/mol. The van der Waals surface area contributed by atoms with Crippen LogP contribution in [0.5, 0.6) is 5.88 Å². The molecule has 1 atom stereocenters. The van der Waals surface area contributed by atoms with Gasteiger partial charge in [-0.1, -0.05) is 0 Å². The lowest BCUT2D eigenvalue weighted by Gasteiger charge is -2.13. The molecule has 2 heterocycles. The van der Waals surface area contributed by atoms with Gasteiger partial charge in [-0.25, -0.2) is 0 Å². The zero-order chi connectivity index (χ0) is 12.3. The highest BCUT2D eigenvalue weighted by molar-refractivity contribution is 5.53. The van der Waals surface area contributed by atoms with Crippen molar-refractivity contribution in [3.05, 3.63) is 12.1 Å². The number of nitrogens with two attached hydrogens (primary N) is 1. The number of nitrogen functional groups attached to an aromatic ring is 1. The lowest BCUT2D eigenvalue weighted by Crippen LogP contribution is -2.19. The van der Waals surface area contributed by atoms with Gasteiger partial charge in [0.15, 0.2) is 0 Å². The van der Waals surface area contributed by atoms with Gasteiger partial charge in [-0.3, -0.25) is 0 Å². The minimum atomic E-state index is 0.485. The van der Waals surface area contributed by atoms with Crippen LogP contribution in [0, 0.1) is 5.92 Å². The highest BCUT2D eigenvalue weighted by atomic mass is 16.5. The standard InChI is InChI=1S/C12H20N4O/c1-16-6-5-9(8-16)7-14-11-4-3-10(13)12(15-11)17-2/h3-4,9H,5-8,13H2,1-2H3,(H,14,15). The average Bonchev–Trinajstić information content (AvgIpc) is 2.74. The number of rotatable bonds is 4. The van der Waals surface area contributed by atoms with Crippen molar-refractivity contribution in [1.29, 1.82) is 0 Å². The molecule has 0 radical (unpaired) electrons. The summed E-state index contributed by atoms with van der Waals surface area (Å²) >= 11 is 0. The molecule has 1 fully saturated rings. The SMILES string of the molecule is COc1nc(NCC2CCN(C)C2)ccc1N. The molecule has 1 aliphatic rings. The summed E-state index contributed by atoms with van der Waals surface area (Å²) in [4.78, 5) is 6.65. The Bertz CT molecular complexity index is 383. The Kier molecular flexibility index (Phi) is 3.68. The fraction of sp³-hybridized carbons (Fsp3) is 0.583. The lowest BCUT2D eigenvalue weighted by molar-refractivity contribution is 0.397. The van der Waals surface area contributed by atoms with Gasteiger partial charge in [0, 0.05) is 13.1 Å². The zero-order valence-corrected chi connectivity index (χ0v) is 10.4. The number of pyridine rings is 1. The van der Waals surface area contributed by atoms with Gasteiger partial charge in [0.2, 0.25) is 5.88 Å². The van der Waals surface area contributed by atoms with E-state index >= 15 is 0 Å². The molecule has 1 saturated heterocycles. The van der Waals surface area contributed by atoms with Gasteiger partial charge in [-0.2, -0.15) is 4.98 Å². The quantitative estimate of drug-likeness (QED) is 0.817. The van der Waals surface area contributed by atoms with Crippen LogP contribution in [0.15, 0.2) is 12.1 Å². The third-order valence-corrected chi connectivity index (χ3v) is 3.14. The highest BCUT2D eigenvalue weighted by Gasteiger charge is 2.19. The molecule has 1 aromatic rings. The van der Waals surface area contributed by atoms with E-state index in [1.54, 1.807) is 7.11 Å². The molecule has 2 rings (SSSR count). The fourth-order valence-corrected chi connectivity index (χ4v) is 2.15. The molecule has 0 bridgehead atoms. The highest BCUT2D eigenvalue weighted by Crippen LogP contribution is 2.21. The summed E-state index contributed by atoms with van der Waals surface area (Å²) in [6, 6.07) is 3.70. The summed E-state index contributed by atoms with van der Waals surface area (Å²) < 4.78 is 5.09. The van der Waals surface area contributed by atoms with E-state index in [0.29, 0.717) is 17.5 Å². The largest absolute Gasteiger partial charge is 0.479 e. The van der Waals surface area contributed by atoms with Crippen LogP contribution in [0.3, 0.4) is 0 Å². The monoisotopic (exact) mass is 236 g/mol. The van der Waals surface area contributed by atoms with Crippen LogP contribution in [0.1, 0.15) is 6.42 Å². The number of nitrogens with zero attached hydrogens (tertiary/aromatic N) is 2. The molecular weight excluding hydrogens is 216 g/mol. The number of likely N-dealkylation sites (tertiary alicyclic amines) is 1. The van der Waals surface area contributed by atoms with Crippen LogP contribution in [-0.4, -0.2) is 43.7 Å². The Labute approximate surface area is 102 Å². The van der Waals surface area contributed by atoms with Crippen LogP contribution < -0.4 is 15.8 Å². The predicted octanol–water partition coefficient (Wildman–Crippen LogP) is 1.04. The maximum absolute atomic E-state index is 5.71. The van der Waals surface area contributed by atoms with E-state index in [2.05, 4.69) is 22.2 Å². The van der Waals surface area contributed by atoms with Crippen LogP contribution in [0.25, 0.3) is 0 Å². The zero-order valence-electron chi connectivity index (χ0n) is 10.4. The molecule has 1 aliphatic heterocycles. The van der Waals surface area contributed by atoms with Crippen molar-refractivity contribution in [2.24, 2.45) is 5.92 Å². The van der Waals surface area contributed by atoms with Crippen molar-refractivity contribution in [3.63, 3.8) is 0 Å². The second-order valence-electron chi connectivity index (χ2n) is 4.59. The number of methoxy groups -OCH3 is 1. The van der Waals surface area contributed by atoms with Gasteiger partial charge in [-0.05, 0) is 38.1 Å². The van der Waals surface area contributed by atoms with Gasteiger partial charge >= 0.3 is 0 Å². The molecule has 1 aromatic heterocycles. The number of aromatic nitrogens is 1. The first-order valence-corrected chi connectivity index (χ1v) is 5.92. The van der Waals surface area contributed by atoms with E-state index in [0.717, 1.165) is 18.9 Å². The molecule has 0 aliphatic carbocycles. The summed E-state index contributed by atoms with van der Waals surface area (Å²) in [6.45, 7) is 3.29. The first-order chi connectivity index (χ1) is 8.19. The molecule has 1 unspecified atom stereocenters. The normalized spacial score (nSPS) is 20.5. The van der Waals surface area contributed by atoms with Crippen molar-refractivity contribution >= 4 is 11.5 Å². The van der Waals surface area contributed by atoms with Crippen molar-refractivity contribution in [2.75, 3.05) is 44.8 Å². The number of anilines is 2. The Hall–Kier alpha value is -1.49. The van der Waals surface area contributed by atoms with Crippen molar-refractivity contribution in [1.82, 2.24) is 9.88 Å². The Morgan fingerprint density at radius 2 is 2.41 bits per heavy atom. The Balaban J connectivity index is 1.90. The van der Waals surface area contributed by atoms with Gasteiger partial charge < -0.3 is 20.7 Å². The summed E-state index contributed by atoms with van der Waals surface area (Å²) in [5.74, 6) is 2.01. The summed E-state index contributed by atoms with van der Waals surface area (Å²) in [5, 5.41) is 3.34. The van der Waals surface area contributed by atoms with Crippen LogP contribution in [-0.2, 0) is 0 Å². The summed E-state index contributed by atoms with van der Waals surface area (Å²) in [7, 11) is 3.74. The van der Waals surface area contributed by atoms with Gasteiger partial charge in [0.1, 0.15) is 5.82 Å². The molecule has 0 saturated carbocycles. The second kappa shape index (κ2) is 5.23. The Morgan fingerprint density at radius 1 is 1.59 bits per heavy atom. The molecule has 3 N–H and O–H groups in total. The smallest absolute Gasteiger partial charge is 0.238 e. The minimum absolute atomic E-state index is 0.485. The number of hydrogen-bond donors (Lipinski definition) is 2. The third kappa shape index (κ3) is 3.00. The molecule has 0 amide bonds. The van der Waals surface area contributed by atoms with Crippen LogP contribution in [0.4, 0.5) is 11.5 Å². The van der Waals surface area contributed by atoms with Gasteiger partial charge in [0.05, 0.1) is 12.8 Å². The number of ether oxygens (including phenoxy) is 1. The molecule has 0 aromatic carbocycles. The first kappa shape index (κ1) is 12.0. The van der Waals surface area contributed by atoms with E-state index in [1.165, 1.54) is 13.0 Å². The van der Waals surface area contributed by atoms with Gasteiger partial charge in [0.25, 0.3) is 0 Å². The Morgan fingerprint density at radius 3 is 3.06 bits per heavy atom. The van der Waals surface area contributed by atoms with E-state index in [9.17, 15) is 0 Å². The topological polar surface area (TPSA) is 63.4 Å². The molecule has 5 heteroatoms. The summed E-state index contributed by atoms with van der Waals surface area (Å²) in [5.41, 5.74) is 6.28. The lowest BCUT2D eigenvalue weighted by atomic mass is 10.1. The average molecular weight is 236 g/mol. The number of hydrogen-bond acceptors (Lipinski definition) is 5. The van der Waals surface area contributed by atoms with Crippen LogP contribution >= 0.6 is 0 Å². The molecule has 17 heavy (non-hydrogen) atoms. The van der Waals surface area contributed by atoms with E-state index in [4.69, 9.17) is 10.5 Å². The molecular formula is C12H20N4O. The fourth-order valence-electron chi connectivity index (χ4n) is 2.15. The maximum atomic E-state index is 5.71. The summed E-state index contributed by atoms with van der Waals surface area (Å²) in [6.07, 6.45) is 1.25. The van der Waals surface area contributed by atoms with Crippen LogP contribution in [0.2, 0.25) is 0 Å². The molecule has 5 nitrogen and oxygen atoms in total. The number of nitrogens with one attached hydrogen (secondary N) is 1. The third-order valence-electron chi connectivity index (χ3n) is 3.14. The van der Waals surface area contributed by atoms with Crippen molar-refractivity contribution in [3.8, 4) is 5.88 Å². The second-order valence-corrected chi connectivity index (χ2v) is 4.59. The van der Waals surface area contributed by atoms with Crippen molar-refractivity contribution < 1.29 is 4.74 Å². The first-order valence-electron chi connectivity index (χ1n) is 5.92. The van der Waals surface area contributed by atoms with E-state index in [-0.39, 0.29) is 0 Å². The molecule has 94 valence electrons. The maximum Gasteiger partial charge on any atom is 0.238 e. The van der Waals surface area contributed by atoms with Crippen molar-refractivity contribution in [2.45, 2.75) is 6.42 Å². The van der Waals surface area contributed by atoms with E-state index in [1.807, 2.05) is 12.1 Å². The van der Waals surface area contributed by atoms with E-state index < -0.39 is 0 Å². The minimum Gasteiger partial charge on any atom is -0.479 e. The van der Waals surface area contributed by atoms with Gasteiger partial charge in [-0.15, -0.1) is 0 Å². The molecule has 0 spiro atoms.